The Balaban J connectivity index is 0.000000199. The second-order valence-corrected chi connectivity index (χ2v) is 6.08. The summed E-state index contributed by atoms with van der Waals surface area (Å²) in [5.74, 6) is 0.107. The number of nitrogens with zero attached hydrogens (tertiary/aromatic N) is 1. The number of carbonyl (C=O) groups excluding carboxylic acids is 2. The first-order chi connectivity index (χ1) is 9.89. The van der Waals surface area contributed by atoms with Gasteiger partial charge >= 0.3 is 0 Å². The molecule has 5 nitrogen and oxygen atoms in total. The zero-order chi connectivity index (χ0) is 15.5. The molecule has 2 heterocycles. The van der Waals surface area contributed by atoms with E-state index in [1.54, 1.807) is 0 Å². The fourth-order valence-electron chi connectivity index (χ4n) is 2.18. The second-order valence-electron chi connectivity index (χ2n) is 6.08. The normalized spacial score (nSPS) is 26.1. The van der Waals surface area contributed by atoms with Crippen molar-refractivity contribution in [3.05, 3.63) is 35.9 Å². The van der Waals surface area contributed by atoms with Crippen molar-refractivity contribution in [3.8, 4) is 0 Å². The molecule has 1 aromatic rings. The summed E-state index contributed by atoms with van der Waals surface area (Å²) in [6, 6.07) is 9.36. The molecule has 1 aromatic carbocycles. The largest absolute Gasteiger partial charge is 0.462 e. The van der Waals surface area contributed by atoms with E-state index in [4.69, 9.17) is 4.74 Å². The van der Waals surface area contributed by atoms with Gasteiger partial charge in [0.05, 0.1) is 13.2 Å². The van der Waals surface area contributed by atoms with E-state index < -0.39 is 5.72 Å². The molecule has 0 aromatic heterocycles. The highest BCUT2D eigenvalue weighted by Crippen LogP contribution is 2.40. The first-order valence-electron chi connectivity index (χ1n) is 6.99. The van der Waals surface area contributed by atoms with Crippen LogP contribution >= 0.6 is 0 Å². The summed E-state index contributed by atoms with van der Waals surface area (Å²) in [6.07, 6.45) is 0. The number of benzene rings is 1. The van der Waals surface area contributed by atoms with Crippen LogP contribution in [0.15, 0.2) is 30.3 Å². The second kappa shape index (κ2) is 5.95. The number of carbonyl (C=O) groups is 2. The van der Waals surface area contributed by atoms with Gasteiger partial charge in [-0.2, -0.15) is 0 Å². The maximum Gasteiger partial charge on any atom is 0.293 e. The maximum atomic E-state index is 12.0. The van der Waals surface area contributed by atoms with Crippen molar-refractivity contribution >= 4 is 12.3 Å². The molecule has 0 amide bonds. The first kappa shape index (κ1) is 15.7. The van der Waals surface area contributed by atoms with Crippen LogP contribution in [0.5, 0.6) is 0 Å². The molecule has 0 radical (unpaired) electrons. The van der Waals surface area contributed by atoms with Crippen LogP contribution in [0, 0.1) is 0 Å². The maximum absolute atomic E-state index is 12.0. The molecule has 21 heavy (non-hydrogen) atoms. The summed E-state index contributed by atoms with van der Waals surface area (Å²) < 4.78 is 10.1. The number of ketones is 1. The number of ether oxygens (including phenoxy) is 2. The van der Waals surface area contributed by atoms with Gasteiger partial charge in [-0.05, 0) is 20.8 Å². The Morgan fingerprint density at radius 3 is 2.38 bits per heavy atom. The summed E-state index contributed by atoms with van der Waals surface area (Å²) in [4.78, 5) is 23.7. The number of hydrogen-bond donors (Lipinski definition) is 0. The molecule has 2 fully saturated rings. The van der Waals surface area contributed by atoms with Crippen molar-refractivity contribution in [2.75, 3.05) is 19.7 Å². The number of fused-ring (bicyclic) bond motifs is 1. The molecule has 2 aliphatic rings. The minimum atomic E-state index is -0.582. The highest BCUT2D eigenvalue weighted by Gasteiger charge is 2.62. The van der Waals surface area contributed by atoms with Crippen LogP contribution in [-0.4, -0.2) is 48.2 Å². The molecule has 0 aliphatic carbocycles. The summed E-state index contributed by atoms with van der Waals surface area (Å²) in [6.45, 7) is 8.25. The fraction of sp³-hybridized carbons (Fsp3) is 0.500. The van der Waals surface area contributed by atoms with Gasteiger partial charge in [-0.3, -0.25) is 14.5 Å². The molecule has 3 rings (SSSR count). The van der Waals surface area contributed by atoms with Crippen LogP contribution < -0.4 is 0 Å². The van der Waals surface area contributed by atoms with Crippen molar-refractivity contribution in [1.29, 1.82) is 0 Å². The van der Waals surface area contributed by atoms with E-state index in [2.05, 4.69) is 9.64 Å². The molecular formula is C16H21NO4. The van der Waals surface area contributed by atoms with Gasteiger partial charge in [0.15, 0.2) is 5.72 Å². The van der Waals surface area contributed by atoms with Crippen molar-refractivity contribution in [2.24, 2.45) is 0 Å². The predicted octanol–water partition coefficient (Wildman–Crippen LogP) is 1.87. The molecule has 114 valence electrons. The van der Waals surface area contributed by atoms with Crippen molar-refractivity contribution < 1.29 is 19.1 Å². The van der Waals surface area contributed by atoms with E-state index in [0.717, 1.165) is 18.7 Å². The monoisotopic (exact) mass is 291 g/mol. The Morgan fingerprint density at radius 1 is 1.33 bits per heavy atom. The van der Waals surface area contributed by atoms with E-state index in [9.17, 15) is 9.59 Å². The summed E-state index contributed by atoms with van der Waals surface area (Å²) in [7, 11) is 0. The predicted molar refractivity (Wildman–Crippen MR) is 77.9 cm³/mol. The lowest BCUT2D eigenvalue weighted by Gasteiger charge is -2.14. The molecule has 5 heteroatoms. The Bertz CT molecular complexity index is 509. The third-order valence-corrected chi connectivity index (χ3v) is 3.31. The molecule has 0 saturated carbocycles. The molecule has 0 bridgehead atoms. The highest BCUT2D eigenvalue weighted by atomic mass is 16.6. The lowest BCUT2D eigenvalue weighted by molar-refractivity contribution is -0.138. The van der Waals surface area contributed by atoms with Gasteiger partial charge in [-0.1, -0.05) is 30.3 Å². The van der Waals surface area contributed by atoms with E-state index in [1.807, 2.05) is 51.1 Å². The van der Waals surface area contributed by atoms with Gasteiger partial charge < -0.3 is 9.47 Å². The SMILES string of the molecule is CC(C)(C)OC=O.O=C(c1ccccc1)C12CN1CCO2. The van der Waals surface area contributed by atoms with E-state index in [-0.39, 0.29) is 11.4 Å². The third-order valence-electron chi connectivity index (χ3n) is 3.31. The Labute approximate surface area is 124 Å². The molecule has 0 N–H and O–H groups in total. The standard InChI is InChI=1S/C11H11NO2.C5H10O2/c13-10(9-4-2-1-3-5-9)11-8-12(11)6-7-14-11;1-5(2,3)7-4-6/h1-5H,6-8H2;4H,1-3H3. The quantitative estimate of drug-likeness (QED) is 0.483. The first-order valence-corrected chi connectivity index (χ1v) is 6.99. The van der Waals surface area contributed by atoms with Gasteiger partial charge in [-0.25, -0.2) is 0 Å². The summed E-state index contributed by atoms with van der Waals surface area (Å²) >= 11 is 0. The van der Waals surface area contributed by atoms with Crippen LogP contribution in [0.3, 0.4) is 0 Å². The highest BCUT2D eigenvalue weighted by molar-refractivity contribution is 6.04. The van der Waals surface area contributed by atoms with Crippen molar-refractivity contribution in [3.63, 3.8) is 0 Å². The summed E-state index contributed by atoms with van der Waals surface area (Å²) in [5.41, 5.74) is -0.153. The van der Waals surface area contributed by atoms with Crippen LogP contribution in [0.1, 0.15) is 31.1 Å². The van der Waals surface area contributed by atoms with Crippen molar-refractivity contribution in [2.45, 2.75) is 32.1 Å². The Morgan fingerprint density at radius 2 is 2.00 bits per heavy atom. The number of Topliss-reactive ketones (excluding diaryl/α,β-unsaturated/α-hetero) is 1. The van der Waals surface area contributed by atoms with E-state index >= 15 is 0 Å². The fourth-order valence-corrected chi connectivity index (χ4v) is 2.18. The molecule has 2 saturated heterocycles. The zero-order valence-corrected chi connectivity index (χ0v) is 12.7. The molecule has 0 spiro atoms. The molecule has 2 aliphatic heterocycles. The topological polar surface area (TPSA) is 55.6 Å². The van der Waals surface area contributed by atoms with Crippen LogP contribution in [0.2, 0.25) is 0 Å². The van der Waals surface area contributed by atoms with Crippen LogP contribution in [-0.2, 0) is 14.3 Å². The van der Waals surface area contributed by atoms with Gasteiger partial charge in [0.25, 0.3) is 6.47 Å². The van der Waals surface area contributed by atoms with Crippen LogP contribution in [0.25, 0.3) is 0 Å². The average molecular weight is 291 g/mol. The molecule has 2 unspecified atom stereocenters. The molecule has 2 atom stereocenters. The van der Waals surface area contributed by atoms with Gasteiger partial charge in [0.1, 0.15) is 5.60 Å². The lowest BCUT2D eigenvalue weighted by Crippen LogP contribution is -2.27. The van der Waals surface area contributed by atoms with Gasteiger partial charge in [0.2, 0.25) is 5.78 Å². The third kappa shape index (κ3) is 3.68. The minimum absolute atomic E-state index is 0.107. The summed E-state index contributed by atoms with van der Waals surface area (Å²) in [5, 5.41) is 0. The van der Waals surface area contributed by atoms with Gasteiger partial charge in [0, 0.05) is 12.1 Å². The van der Waals surface area contributed by atoms with E-state index in [0.29, 0.717) is 13.1 Å². The smallest absolute Gasteiger partial charge is 0.293 e. The average Bonchev–Trinajstić information content (AvgIpc) is 3.00. The van der Waals surface area contributed by atoms with E-state index in [1.165, 1.54) is 0 Å². The lowest BCUT2D eigenvalue weighted by atomic mass is 10.1. The zero-order valence-electron chi connectivity index (χ0n) is 12.7. The van der Waals surface area contributed by atoms with Gasteiger partial charge in [-0.15, -0.1) is 0 Å². The van der Waals surface area contributed by atoms with Crippen molar-refractivity contribution in [1.82, 2.24) is 4.90 Å². The van der Waals surface area contributed by atoms with Crippen LogP contribution in [0.4, 0.5) is 0 Å². The molecular weight excluding hydrogens is 270 g/mol. The minimum Gasteiger partial charge on any atom is -0.462 e. The Hall–Kier alpha value is -1.72. The Kier molecular flexibility index (Phi) is 4.44. The number of hydrogen-bond acceptors (Lipinski definition) is 5. The number of rotatable bonds is 3. The number of morpholine rings is 1.